The zero-order valence-corrected chi connectivity index (χ0v) is 12.4. The lowest BCUT2D eigenvalue weighted by Gasteiger charge is -2.11. The van der Waals surface area contributed by atoms with Gasteiger partial charge in [-0.25, -0.2) is 0 Å². The van der Waals surface area contributed by atoms with Gasteiger partial charge in [0.1, 0.15) is 4.99 Å². The molecule has 0 fully saturated rings. The second kappa shape index (κ2) is 5.25. The van der Waals surface area contributed by atoms with E-state index in [0.717, 1.165) is 22.5 Å². The van der Waals surface area contributed by atoms with E-state index in [2.05, 4.69) is 29.6 Å². The number of rotatable bonds is 3. The van der Waals surface area contributed by atoms with E-state index in [0.29, 0.717) is 4.99 Å². The Hall–Kier alpha value is -1.87. The van der Waals surface area contributed by atoms with Gasteiger partial charge in [0.25, 0.3) is 0 Å². The molecule has 0 aromatic heterocycles. The highest BCUT2D eigenvalue weighted by atomic mass is 32.1. The van der Waals surface area contributed by atoms with Crippen molar-refractivity contribution < 1.29 is 0 Å². The summed E-state index contributed by atoms with van der Waals surface area (Å²) in [6.07, 6.45) is 3.70. The summed E-state index contributed by atoms with van der Waals surface area (Å²) in [6.45, 7) is 2.03. The maximum Gasteiger partial charge on any atom is 0.104 e. The van der Waals surface area contributed by atoms with Crippen molar-refractivity contribution in [2.75, 3.05) is 5.32 Å². The van der Waals surface area contributed by atoms with Crippen LogP contribution >= 0.6 is 12.2 Å². The van der Waals surface area contributed by atoms with E-state index in [4.69, 9.17) is 18.0 Å². The molecule has 0 radical (unpaired) electrons. The molecule has 1 aliphatic rings. The van der Waals surface area contributed by atoms with Crippen molar-refractivity contribution in [1.29, 1.82) is 0 Å². The van der Waals surface area contributed by atoms with E-state index in [-0.39, 0.29) is 0 Å². The summed E-state index contributed by atoms with van der Waals surface area (Å²) >= 11 is 5.03. The highest BCUT2D eigenvalue weighted by molar-refractivity contribution is 7.80. The van der Waals surface area contributed by atoms with E-state index in [9.17, 15) is 0 Å². The van der Waals surface area contributed by atoms with E-state index in [1.807, 2.05) is 19.1 Å². The highest BCUT2D eigenvalue weighted by Gasteiger charge is 2.11. The molecule has 2 aromatic carbocycles. The average Bonchev–Trinajstić information content (AvgIpc) is 2.85. The molecule has 102 valence electrons. The molecular formula is C17H18N2S. The molecular weight excluding hydrogens is 264 g/mol. The van der Waals surface area contributed by atoms with Crippen LogP contribution in [0.25, 0.3) is 0 Å². The Kier molecular flexibility index (Phi) is 3.45. The number of nitrogens with one attached hydrogen (secondary N) is 1. The molecule has 1 aliphatic carbocycles. The largest absolute Gasteiger partial charge is 0.389 e. The fraction of sp³-hybridized carbons (Fsp3) is 0.235. The Bertz CT molecular complexity index is 677. The number of hydrogen-bond donors (Lipinski definition) is 2. The number of fused-ring (bicyclic) bond motifs is 1. The van der Waals surface area contributed by atoms with Crippen LogP contribution in [-0.2, 0) is 12.8 Å². The van der Waals surface area contributed by atoms with Crippen molar-refractivity contribution in [2.45, 2.75) is 26.2 Å². The van der Waals surface area contributed by atoms with Crippen LogP contribution in [-0.4, -0.2) is 4.99 Å². The zero-order chi connectivity index (χ0) is 14.1. The van der Waals surface area contributed by atoms with Gasteiger partial charge in [0.2, 0.25) is 0 Å². The Balaban J connectivity index is 1.84. The Morgan fingerprint density at radius 2 is 1.75 bits per heavy atom. The third-order valence-corrected chi connectivity index (χ3v) is 4.10. The summed E-state index contributed by atoms with van der Waals surface area (Å²) in [4.78, 5) is 0.451. The van der Waals surface area contributed by atoms with Crippen LogP contribution in [0.15, 0.2) is 36.4 Å². The van der Waals surface area contributed by atoms with Crippen LogP contribution in [0, 0.1) is 6.92 Å². The lowest BCUT2D eigenvalue weighted by atomic mass is 10.1. The fourth-order valence-electron chi connectivity index (χ4n) is 2.83. The van der Waals surface area contributed by atoms with Gasteiger partial charge in [-0.2, -0.15) is 0 Å². The van der Waals surface area contributed by atoms with Crippen molar-refractivity contribution in [2.24, 2.45) is 5.73 Å². The topological polar surface area (TPSA) is 38.0 Å². The van der Waals surface area contributed by atoms with Crippen LogP contribution < -0.4 is 11.1 Å². The third-order valence-electron chi connectivity index (χ3n) is 3.88. The van der Waals surface area contributed by atoms with Gasteiger partial charge in [0, 0.05) is 16.9 Å². The number of nitrogens with two attached hydrogens (primary N) is 1. The first kappa shape index (κ1) is 13.1. The Morgan fingerprint density at radius 1 is 1.05 bits per heavy atom. The SMILES string of the molecule is Cc1cc(Nc2ccc3c(c2)CCC3)ccc1C(N)=S. The first-order valence-corrected chi connectivity index (χ1v) is 7.33. The maximum absolute atomic E-state index is 5.69. The van der Waals surface area contributed by atoms with Gasteiger partial charge in [-0.1, -0.05) is 18.3 Å². The molecule has 2 aromatic rings. The molecule has 0 bridgehead atoms. The van der Waals surface area contributed by atoms with Crippen molar-refractivity contribution >= 4 is 28.6 Å². The summed E-state index contributed by atoms with van der Waals surface area (Å²) in [5.41, 5.74) is 12.9. The molecule has 3 heteroatoms. The van der Waals surface area contributed by atoms with Crippen LogP contribution in [0.3, 0.4) is 0 Å². The number of benzene rings is 2. The zero-order valence-electron chi connectivity index (χ0n) is 11.6. The molecule has 0 saturated heterocycles. The van der Waals surface area contributed by atoms with Gasteiger partial charge in [-0.15, -0.1) is 0 Å². The van der Waals surface area contributed by atoms with Crippen molar-refractivity contribution in [3.05, 3.63) is 58.7 Å². The van der Waals surface area contributed by atoms with Crippen molar-refractivity contribution in [3.8, 4) is 0 Å². The van der Waals surface area contributed by atoms with Gasteiger partial charge >= 0.3 is 0 Å². The molecule has 20 heavy (non-hydrogen) atoms. The van der Waals surface area contributed by atoms with Gasteiger partial charge in [0.15, 0.2) is 0 Å². The minimum atomic E-state index is 0.451. The Labute approximate surface area is 125 Å². The molecule has 0 heterocycles. The van der Waals surface area contributed by atoms with Gasteiger partial charge in [-0.3, -0.25) is 0 Å². The van der Waals surface area contributed by atoms with E-state index < -0.39 is 0 Å². The third kappa shape index (κ3) is 2.54. The first-order chi connectivity index (χ1) is 9.63. The van der Waals surface area contributed by atoms with E-state index >= 15 is 0 Å². The fourth-order valence-corrected chi connectivity index (χ4v) is 3.06. The van der Waals surface area contributed by atoms with Crippen LogP contribution in [0.5, 0.6) is 0 Å². The number of aryl methyl sites for hydroxylation is 3. The second-order valence-electron chi connectivity index (χ2n) is 5.36. The standard InChI is InChI=1S/C17H18N2S/c1-11-9-14(7-8-16(11)17(18)20)19-15-6-5-12-3-2-4-13(12)10-15/h5-10,19H,2-4H2,1H3,(H2,18,20). The van der Waals surface area contributed by atoms with Crippen LogP contribution in [0.1, 0.15) is 28.7 Å². The molecule has 0 aliphatic heterocycles. The Morgan fingerprint density at radius 3 is 2.50 bits per heavy atom. The average molecular weight is 282 g/mol. The first-order valence-electron chi connectivity index (χ1n) is 6.93. The number of thiocarbonyl (C=S) groups is 1. The molecule has 0 spiro atoms. The van der Waals surface area contributed by atoms with Gasteiger partial charge < -0.3 is 11.1 Å². The highest BCUT2D eigenvalue weighted by Crippen LogP contribution is 2.27. The van der Waals surface area contributed by atoms with Gasteiger partial charge in [-0.05, 0) is 73.2 Å². The minimum absolute atomic E-state index is 0.451. The van der Waals surface area contributed by atoms with Crippen LogP contribution in [0.2, 0.25) is 0 Å². The summed E-state index contributed by atoms with van der Waals surface area (Å²) in [6, 6.07) is 12.7. The monoisotopic (exact) mass is 282 g/mol. The summed E-state index contributed by atoms with van der Waals surface area (Å²) in [5, 5.41) is 3.46. The molecule has 0 amide bonds. The molecule has 0 unspecified atom stereocenters. The minimum Gasteiger partial charge on any atom is -0.389 e. The van der Waals surface area contributed by atoms with Crippen molar-refractivity contribution in [3.63, 3.8) is 0 Å². The molecule has 3 rings (SSSR count). The lowest BCUT2D eigenvalue weighted by molar-refractivity contribution is 0.912. The normalized spacial score (nSPS) is 13.1. The second-order valence-corrected chi connectivity index (χ2v) is 5.80. The number of anilines is 2. The predicted molar refractivity (Wildman–Crippen MR) is 88.8 cm³/mol. The molecule has 3 N–H and O–H groups in total. The smallest absolute Gasteiger partial charge is 0.104 e. The lowest BCUT2D eigenvalue weighted by Crippen LogP contribution is -2.11. The quantitative estimate of drug-likeness (QED) is 0.840. The van der Waals surface area contributed by atoms with E-state index in [1.165, 1.54) is 30.4 Å². The van der Waals surface area contributed by atoms with Gasteiger partial charge in [0.05, 0.1) is 0 Å². The van der Waals surface area contributed by atoms with Crippen LogP contribution in [0.4, 0.5) is 11.4 Å². The summed E-state index contributed by atoms with van der Waals surface area (Å²) in [7, 11) is 0. The van der Waals surface area contributed by atoms with Crippen molar-refractivity contribution in [1.82, 2.24) is 0 Å². The summed E-state index contributed by atoms with van der Waals surface area (Å²) in [5.74, 6) is 0. The molecule has 2 nitrogen and oxygen atoms in total. The molecule has 0 atom stereocenters. The maximum atomic E-state index is 5.69. The molecule has 0 saturated carbocycles. The predicted octanol–water partition coefficient (Wildman–Crippen LogP) is 3.86. The van der Waals surface area contributed by atoms with E-state index in [1.54, 1.807) is 0 Å². The number of hydrogen-bond acceptors (Lipinski definition) is 2. The summed E-state index contributed by atoms with van der Waals surface area (Å²) < 4.78 is 0.